The predicted octanol–water partition coefficient (Wildman–Crippen LogP) is 17.6. The summed E-state index contributed by atoms with van der Waals surface area (Å²) in [5, 5.41) is 3.48. The van der Waals surface area contributed by atoms with Crippen LogP contribution in [0.3, 0.4) is 0 Å². The van der Waals surface area contributed by atoms with Gasteiger partial charge in [-0.25, -0.2) is 9.97 Å². The number of para-hydroxylation sites is 1. The summed E-state index contributed by atoms with van der Waals surface area (Å²) in [5.41, 5.74) is 15.7. The zero-order valence-corrected chi connectivity index (χ0v) is 38.2. The molecule has 0 fully saturated rings. The van der Waals surface area contributed by atoms with Crippen molar-refractivity contribution in [3.63, 3.8) is 0 Å². The summed E-state index contributed by atoms with van der Waals surface area (Å²) >= 11 is 1.74. The fourth-order valence-corrected chi connectivity index (χ4v) is 10.3. The first-order chi connectivity index (χ1) is 33.6. The normalized spacial score (nSPS) is 12.1. The van der Waals surface area contributed by atoms with Crippen molar-refractivity contribution < 1.29 is 0 Å². The van der Waals surface area contributed by atoms with Crippen LogP contribution in [-0.2, 0) is 0 Å². The maximum absolute atomic E-state index is 5.50. The first kappa shape index (κ1) is 42.0. The lowest BCUT2D eigenvalue weighted by molar-refractivity contribution is 1.17. The highest BCUT2D eigenvalue weighted by molar-refractivity contribution is 7.26. The number of hydrogen-bond acceptors (Lipinski definition) is 3. The van der Waals surface area contributed by atoms with Gasteiger partial charge in [-0.3, -0.25) is 0 Å². The molecule has 68 heavy (non-hydrogen) atoms. The van der Waals surface area contributed by atoms with Crippen LogP contribution in [0.25, 0.3) is 110 Å². The van der Waals surface area contributed by atoms with Crippen LogP contribution in [0, 0.1) is 0 Å². The molecule has 0 radical (unpaired) electrons. The van der Waals surface area contributed by atoms with Gasteiger partial charge in [0.25, 0.3) is 0 Å². The number of allylic oxidation sites excluding steroid dienone is 8. The Hall–Kier alpha value is -8.70. The second-order valence-electron chi connectivity index (χ2n) is 16.6. The number of fused-ring (bicyclic) bond motifs is 6. The van der Waals surface area contributed by atoms with E-state index in [1.807, 2.05) is 48.6 Å². The molecule has 0 saturated heterocycles. The van der Waals surface area contributed by atoms with E-state index in [2.05, 4.69) is 212 Å². The third-order valence-corrected chi connectivity index (χ3v) is 13.6. The van der Waals surface area contributed by atoms with Crippen LogP contribution in [0.1, 0.15) is 16.7 Å². The van der Waals surface area contributed by atoms with E-state index in [0.29, 0.717) is 5.82 Å². The summed E-state index contributed by atoms with van der Waals surface area (Å²) in [7, 11) is 0. The molecule has 0 amide bonds. The Bertz CT molecular complexity index is 3790. The van der Waals surface area contributed by atoms with Crippen molar-refractivity contribution in [3.8, 4) is 50.6 Å². The van der Waals surface area contributed by atoms with Gasteiger partial charge >= 0.3 is 0 Å². The molecule has 0 spiro atoms. The van der Waals surface area contributed by atoms with Crippen LogP contribution in [0.5, 0.6) is 0 Å². The van der Waals surface area contributed by atoms with Gasteiger partial charge in [0.2, 0.25) is 0 Å². The highest BCUT2D eigenvalue weighted by atomic mass is 32.1. The number of hydrogen-bond donors (Lipinski definition) is 0. The standard InChI is InChI=1S/C64H45N3S/c1-3-5-6-10-24-45-35-37-48(38-36-45)55-43-51(60-63-61(53-32-18-20-34-59(53)68-63)66-64(65-60)49-28-15-9-16-29-49)42-54(46(4-2)30-21-25-44-22-11-7-12-23-44)62(55)67-57-33-19-17-31-52(57)56-41-50(39-40-58(56)67)47-26-13-8-14-27-47/h3-43H,1-2H2/b6-5-,24-10+,25-21+,46-30+. The van der Waals surface area contributed by atoms with Crippen molar-refractivity contribution in [2.45, 2.75) is 0 Å². The van der Waals surface area contributed by atoms with Gasteiger partial charge in [0.1, 0.15) is 0 Å². The molecule has 3 heterocycles. The van der Waals surface area contributed by atoms with Crippen LogP contribution in [0.4, 0.5) is 0 Å². The summed E-state index contributed by atoms with van der Waals surface area (Å²) in [5.74, 6) is 0.687. The molecule has 0 saturated carbocycles. The van der Waals surface area contributed by atoms with Crippen molar-refractivity contribution in [2.75, 3.05) is 0 Å². The Morgan fingerprint density at radius 3 is 1.90 bits per heavy atom. The molecule has 0 N–H and O–H groups in total. The average Bonchev–Trinajstić information content (AvgIpc) is 3.95. The molecule has 322 valence electrons. The molecule has 11 rings (SSSR count). The van der Waals surface area contributed by atoms with E-state index in [1.54, 1.807) is 17.4 Å². The molecule has 0 atom stereocenters. The summed E-state index contributed by atoms with van der Waals surface area (Å²) < 4.78 is 4.68. The molecule has 4 heteroatoms. The van der Waals surface area contributed by atoms with Crippen LogP contribution in [-0.4, -0.2) is 14.5 Å². The largest absolute Gasteiger partial charge is 0.308 e. The molecule has 11 aromatic rings. The SMILES string of the molecule is C=C/C=C\C=C\c1ccc(-c2cc(-c3nc(-c4ccccc4)nc4c3sc3ccccc34)cc(/C(C=C)=C/C=C/c3ccccc3)c2-n2c3ccccc3c3cc(-c4ccccc4)ccc32)cc1. The minimum absolute atomic E-state index is 0.687. The number of aromatic nitrogens is 3. The van der Waals surface area contributed by atoms with Gasteiger partial charge < -0.3 is 4.57 Å². The Labute approximate surface area is 400 Å². The summed E-state index contributed by atoms with van der Waals surface area (Å²) in [6, 6.07) is 69.1. The fourth-order valence-electron chi connectivity index (χ4n) is 9.16. The van der Waals surface area contributed by atoms with E-state index in [0.717, 1.165) is 82.5 Å². The number of rotatable bonds is 12. The highest BCUT2D eigenvalue weighted by Crippen LogP contribution is 2.46. The van der Waals surface area contributed by atoms with E-state index in [-0.39, 0.29) is 0 Å². The maximum atomic E-state index is 5.50. The molecular formula is C64H45N3S. The molecule has 0 aliphatic heterocycles. The van der Waals surface area contributed by atoms with Gasteiger partial charge in [0, 0.05) is 43.1 Å². The molecule has 0 aliphatic carbocycles. The van der Waals surface area contributed by atoms with Crippen LogP contribution >= 0.6 is 11.3 Å². The molecule has 3 nitrogen and oxygen atoms in total. The maximum Gasteiger partial charge on any atom is 0.160 e. The highest BCUT2D eigenvalue weighted by Gasteiger charge is 2.24. The first-order valence-electron chi connectivity index (χ1n) is 22.8. The third kappa shape index (κ3) is 8.04. The average molecular weight is 888 g/mol. The van der Waals surface area contributed by atoms with Crippen molar-refractivity contribution >= 4 is 71.2 Å². The topological polar surface area (TPSA) is 30.7 Å². The van der Waals surface area contributed by atoms with Crippen molar-refractivity contribution in [3.05, 3.63) is 267 Å². The predicted molar refractivity (Wildman–Crippen MR) is 293 cm³/mol. The fraction of sp³-hybridized carbons (Fsp3) is 0. The van der Waals surface area contributed by atoms with Gasteiger partial charge in [-0.15, -0.1) is 11.3 Å². The number of thiophene rings is 1. The summed E-state index contributed by atoms with van der Waals surface area (Å²) in [6.45, 7) is 8.32. The second-order valence-corrected chi connectivity index (χ2v) is 17.7. The molecular weight excluding hydrogens is 843 g/mol. The van der Waals surface area contributed by atoms with E-state index in [9.17, 15) is 0 Å². The van der Waals surface area contributed by atoms with Crippen molar-refractivity contribution in [1.82, 2.24) is 14.5 Å². The first-order valence-corrected chi connectivity index (χ1v) is 23.6. The number of nitrogens with zero attached hydrogens (tertiary/aromatic N) is 3. The molecule has 8 aromatic carbocycles. The van der Waals surface area contributed by atoms with Crippen molar-refractivity contribution in [1.29, 1.82) is 0 Å². The van der Waals surface area contributed by atoms with Crippen LogP contribution in [0.2, 0.25) is 0 Å². The van der Waals surface area contributed by atoms with Crippen LogP contribution < -0.4 is 0 Å². The lowest BCUT2D eigenvalue weighted by Gasteiger charge is -2.22. The van der Waals surface area contributed by atoms with Gasteiger partial charge in [0.05, 0.1) is 32.6 Å². The molecule has 0 unspecified atom stereocenters. The van der Waals surface area contributed by atoms with Gasteiger partial charge in [-0.05, 0) is 69.8 Å². The van der Waals surface area contributed by atoms with E-state index >= 15 is 0 Å². The van der Waals surface area contributed by atoms with E-state index in [1.165, 1.54) is 26.6 Å². The van der Waals surface area contributed by atoms with Crippen LogP contribution in [0.15, 0.2) is 250 Å². The third-order valence-electron chi connectivity index (χ3n) is 12.4. The molecule has 3 aromatic heterocycles. The van der Waals surface area contributed by atoms with E-state index in [4.69, 9.17) is 9.97 Å². The van der Waals surface area contributed by atoms with Gasteiger partial charge in [-0.2, -0.15) is 0 Å². The Balaban J connectivity index is 1.25. The van der Waals surface area contributed by atoms with Gasteiger partial charge in [-0.1, -0.05) is 226 Å². The Morgan fingerprint density at radius 1 is 0.485 bits per heavy atom. The zero-order chi connectivity index (χ0) is 45.8. The minimum atomic E-state index is 0.687. The molecule has 0 bridgehead atoms. The quantitative estimate of drug-likeness (QED) is 0.114. The lowest BCUT2D eigenvalue weighted by atomic mass is 9.90. The minimum Gasteiger partial charge on any atom is -0.308 e. The monoisotopic (exact) mass is 887 g/mol. The van der Waals surface area contributed by atoms with E-state index < -0.39 is 0 Å². The Kier molecular flexibility index (Phi) is 11.5. The zero-order valence-electron chi connectivity index (χ0n) is 37.3. The smallest absolute Gasteiger partial charge is 0.160 e. The second kappa shape index (κ2) is 18.7. The number of benzene rings is 8. The summed E-state index contributed by atoms with van der Waals surface area (Å²) in [4.78, 5) is 10.8. The molecule has 0 aliphatic rings. The summed E-state index contributed by atoms with van der Waals surface area (Å²) in [6.07, 6.45) is 18.3. The lowest BCUT2D eigenvalue weighted by Crippen LogP contribution is -2.04. The Morgan fingerprint density at radius 2 is 1.13 bits per heavy atom. The van der Waals surface area contributed by atoms with Gasteiger partial charge in [0.15, 0.2) is 5.82 Å². The van der Waals surface area contributed by atoms with Crippen molar-refractivity contribution in [2.24, 2.45) is 0 Å².